The molecule has 0 bridgehead atoms. The highest BCUT2D eigenvalue weighted by Crippen LogP contribution is 2.38. The fraction of sp³-hybridized carbons (Fsp3) is 0.550. The van der Waals surface area contributed by atoms with Gasteiger partial charge in [0.25, 0.3) is 0 Å². The molecule has 0 fully saturated rings. The van der Waals surface area contributed by atoms with Crippen LogP contribution in [0.3, 0.4) is 0 Å². The number of amides is 1. The van der Waals surface area contributed by atoms with Gasteiger partial charge in [-0.15, -0.1) is 6.58 Å². The molecule has 1 aromatic rings. The molecule has 0 aliphatic carbocycles. The molecule has 0 aliphatic rings. The van der Waals surface area contributed by atoms with Crippen LogP contribution in [0.4, 0.5) is 4.79 Å². The summed E-state index contributed by atoms with van der Waals surface area (Å²) in [5, 5.41) is 2.94. The van der Waals surface area contributed by atoms with Gasteiger partial charge in [-0.1, -0.05) is 64.1 Å². The summed E-state index contributed by atoms with van der Waals surface area (Å²) < 4.78 is 11.7. The molecule has 1 aromatic carbocycles. The predicted molar refractivity (Wildman–Crippen MR) is 106 cm³/mol. The number of carbonyl (C=O) groups is 1. The van der Waals surface area contributed by atoms with Crippen LogP contribution in [0, 0.1) is 5.92 Å². The van der Waals surface area contributed by atoms with E-state index in [2.05, 4.69) is 52.7 Å². The molecule has 0 unspecified atom stereocenters. The Morgan fingerprint density at radius 2 is 1.88 bits per heavy atom. The summed E-state index contributed by atoms with van der Waals surface area (Å²) in [5.74, 6) is 0.142. The minimum Gasteiger partial charge on any atom is -0.445 e. The van der Waals surface area contributed by atoms with Gasteiger partial charge in [-0.05, 0) is 23.7 Å². The standard InChI is InChI=1S/C20H33NO3Si/c1-8-16(2)18(24-25(6,7)20(3,4)5)14-21-19(22)23-15-17-12-10-9-11-13-17/h8-13,16,18H,1,14-15H2,2-7H3,(H,21,22)/t16-,18+/m1/s1. The van der Waals surface area contributed by atoms with Gasteiger partial charge in [-0.2, -0.15) is 0 Å². The molecule has 5 heteroatoms. The van der Waals surface area contributed by atoms with Gasteiger partial charge in [-0.25, -0.2) is 4.79 Å². The fourth-order valence-corrected chi connectivity index (χ4v) is 3.41. The van der Waals surface area contributed by atoms with E-state index in [-0.39, 0.29) is 23.7 Å². The lowest BCUT2D eigenvalue weighted by atomic mass is 10.1. The Bertz CT molecular complexity index is 552. The van der Waals surface area contributed by atoms with Crippen molar-refractivity contribution in [3.8, 4) is 0 Å². The van der Waals surface area contributed by atoms with E-state index in [0.29, 0.717) is 6.54 Å². The van der Waals surface area contributed by atoms with Gasteiger partial charge in [0.15, 0.2) is 8.32 Å². The SMILES string of the molecule is C=C[C@@H](C)[C@H](CNC(=O)OCc1ccccc1)O[Si](C)(C)C(C)(C)C. The van der Waals surface area contributed by atoms with Gasteiger partial charge in [0, 0.05) is 12.5 Å². The van der Waals surface area contributed by atoms with Gasteiger partial charge in [0.2, 0.25) is 0 Å². The summed E-state index contributed by atoms with van der Waals surface area (Å²) in [6.07, 6.45) is 1.33. The van der Waals surface area contributed by atoms with E-state index in [4.69, 9.17) is 9.16 Å². The number of ether oxygens (including phenoxy) is 1. The molecule has 0 saturated carbocycles. The van der Waals surface area contributed by atoms with Crippen LogP contribution in [0.1, 0.15) is 33.3 Å². The van der Waals surface area contributed by atoms with Crippen LogP contribution in [0.25, 0.3) is 0 Å². The number of benzene rings is 1. The summed E-state index contributed by atoms with van der Waals surface area (Å²) in [4.78, 5) is 12.0. The molecule has 4 nitrogen and oxygen atoms in total. The summed E-state index contributed by atoms with van der Waals surface area (Å²) in [6.45, 7) is 17.6. The van der Waals surface area contributed by atoms with E-state index in [9.17, 15) is 4.79 Å². The fourth-order valence-electron chi connectivity index (χ4n) is 2.00. The minimum atomic E-state index is -1.93. The average Bonchev–Trinajstić information content (AvgIpc) is 2.55. The first-order valence-electron chi connectivity index (χ1n) is 8.82. The zero-order chi connectivity index (χ0) is 19.1. The summed E-state index contributed by atoms with van der Waals surface area (Å²) in [7, 11) is -1.93. The van der Waals surface area contributed by atoms with Gasteiger partial charge in [-0.3, -0.25) is 0 Å². The molecule has 25 heavy (non-hydrogen) atoms. The van der Waals surface area contributed by atoms with E-state index in [0.717, 1.165) is 5.56 Å². The molecular weight excluding hydrogens is 330 g/mol. The van der Waals surface area contributed by atoms with Crippen LogP contribution < -0.4 is 5.32 Å². The highest BCUT2D eigenvalue weighted by Gasteiger charge is 2.39. The lowest BCUT2D eigenvalue weighted by molar-refractivity contribution is 0.117. The number of hydrogen-bond acceptors (Lipinski definition) is 3. The molecule has 0 heterocycles. The third-order valence-electron chi connectivity index (χ3n) is 4.87. The second-order valence-electron chi connectivity index (χ2n) is 7.95. The van der Waals surface area contributed by atoms with Gasteiger partial charge < -0.3 is 14.5 Å². The zero-order valence-electron chi connectivity index (χ0n) is 16.5. The highest BCUT2D eigenvalue weighted by atomic mass is 28.4. The van der Waals surface area contributed by atoms with Crippen LogP contribution in [0.2, 0.25) is 18.1 Å². The molecule has 0 saturated heterocycles. The maximum Gasteiger partial charge on any atom is 0.407 e. The van der Waals surface area contributed by atoms with E-state index in [1.807, 2.05) is 36.4 Å². The van der Waals surface area contributed by atoms with Crippen molar-refractivity contribution in [1.82, 2.24) is 5.32 Å². The predicted octanol–water partition coefficient (Wildman–Crippen LogP) is 5.13. The normalized spacial score (nSPS) is 14.5. The summed E-state index contributed by atoms with van der Waals surface area (Å²) in [5.41, 5.74) is 0.964. The van der Waals surface area contributed by atoms with Crippen molar-refractivity contribution >= 4 is 14.4 Å². The lowest BCUT2D eigenvalue weighted by Gasteiger charge is -2.40. The van der Waals surface area contributed by atoms with E-state index in [1.54, 1.807) is 0 Å². The molecule has 1 N–H and O–H groups in total. The molecule has 1 rings (SSSR count). The molecule has 1 amide bonds. The average molecular weight is 364 g/mol. The van der Waals surface area contributed by atoms with E-state index >= 15 is 0 Å². The molecule has 2 atom stereocenters. The third kappa shape index (κ3) is 7.04. The van der Waals surface area contributed by atoms with Gasteiger partial charge in [0.05, 0.1) is 6.10 Å². The molecule has 0 aromatic heterocycles. The van der Waals surface area contributed by atoms with Crippen LogP contribution in [-0.4, -0.2) is 27.1 Å². The molecule has 0 aliphatic heterocycles. The first kappa shape index (κ1) is 21.4. The number of nitrogens with one attached hydrogen (secondary N) is 1. The lowest BCUT2D eigenvalue weighted by Crippen LogP contribution is -2.48. The molecular formula is C20H33NO3Si. The van der Waals surface area contributed by atoms with Crippen molar-refractivity contribution in [2.24, 2.45) is 5.92 Å². The van der Waals surface area contributed by atoms with Crippen LogP contribution in [-0.2, 0) is 15.8 Å². The number of carbonyl (C=O) groups excluding carboxylic acids is 1. The largest absolute Gasteiger partial charge is 0.445 e. The highest BCUT2D eigenvalue weighted by molar-refractivity contribution is 6.74. The Kier molecular flexibility index (Phi) is 7.89. The summed E-state index contributed by atoms with van der Waals surface area (Å²) >= 11 is 0. The quantitative estimate of drug-likeness (QED) is 0.515. The minimum absolute atomic E-state index is 0.109. The smallest absolute Gasteiger partial charge is 0.407 e. The second-order valence-corrected chi connectivity index (χ2v) is 12.7. The van der Waals surface area contributed by atoms with Crippen molar-refractivity contribution in [1.29, 1.82) is 0 Å². The van der Waals surface area contributed by atoms with E-state index < -0.39 is 14.4 Å². The van der Waals surface area contributed by atoms with Gasteiger partial charge >= 0.3 is 6.09 Å². The maximum absolute atomic E-state index is 12.0. The van der Waals surface area contributed by atoms with Crippen molar-refractivity contribution in [3.63, 3.8) is 0 Å². The first-order valence-corrected chi connectivity index (χ1v) is 11.7. The molecule has 0 spiro atoms. The Morgan fingerprint density at radius 1 is 1.28 bits per heavy atom. The molecule has 140 valence electrons. The number of rotatable bonds is 8. The van der Waals surface area contributed by atoms with Crippen LogP contribution >= 0.6 is 0 Å². The van der Waals surface area contributed by atoms with Crippen LogP contribution in [0.5, 0.6) is 0 Å². The summed E-state index contributed by atoms with van der Waals surface area (Å²) in [6, 6.07) is 9.63. The van der Waals surface area contributed by atoms with E-state index in [1.165, 1.54) is 0 Å². The van der Waals surface area contributed by atoms with Gasteiger partial charge in [0.1, 0.15) is 6.61 Å². The van der Waals surface area contributed by atoms with Crippen molar-refractivity contribution < 1.29 is 14.0 Å². The van der Waals surface area contributed by atoms with Crippen molar-refractivity contribution in [3.05, 3.63) is 48.6 Å². The number of alkyl carbamates (subject to hydrolysis) is 1. The second kappa shape index (κ2) is 9.20. The topological polar surface area (TPSA) is 47.6 Å². The Balaban J connectivity index is 2.58. The Labute approximate surface area is 153 Å². The number of hydrogen-bond donors (Lipinski definition) is 1. The van der Waals surface area contributed by atoms with Crippen molar-refractivity contribution in [2.45, 2.75) is 58.5 Å². The zero-order valence-corrected chi connectivity index (χ0v) is 17.5. The molecule has 0 radical (unpaired) electrons. The van der Waals surface area contributed by atoms with Crippen molar-refractivity contribution in [2.75, 3.05) is 6.54 Å². The Morgan fingerprint density at radius 3 is 2.40 bits per heavy atom. The maximum atomic E-state index is 12.0. The monoisotopic (exact) mass is 363 g/mol. The first-order chi connectivity index (χ1) is 11.6. The Hall–Kier alpha value is -1.59. The van der Waals surface area contributed by atoms with Crippen LogP contribution in [0.15, 0.2) is 43.0 Å². The third-order valence-corrected chi connectivity index (χ3v) is 9.38.